The Morgan fingerprint density at radius 3 is 2.75 bits per heavy atom. The summed E-state index contributed by atoms with van der Waals surface area (Å²) in [5.74, 6) is 2.92. The van der Waals surface area contributed by atoms with E-state index in [0.717, 1.165) is 29.7 Å². The molecule has 2 saturated carbocycles. The summed E-state index contributed by atoms with van der Waals surface area (Å²) >= 11 is 0. The molecule has 0 radical (unpaired) electrons. The first-order valence-electron chi connectivity index (χ1n) is 7.89. The van der Waals surface area contributed by atoms with Crippen LogP contribution in [0.5, 0.6) is 0 Å². The van der Waals surface area contributed by atoms with Crippen LogP contribution >= 0.6 is 0 Å². The van der Waals surface area contributed by atoms with Crippen LogP contribution in [0.2, 0.25) is 0 Å². The number of nitrogens with one attached hydrogen (secondary N) is 1. The Morgan fingerprint density at radius 1 is 1.15 bits per heavy atom. The van der Waals surface area contributed by atoms with Crippen molar-refractivity contribution in [3.8, 4) is 0 Å². The topological polar surface area (TPSA) is 24.9 Å². The van der Waals surface area contributed by atoms with Gasteiger partial charge in [-0.1, -0.05) is 30.7 Å². The van der Waals surface area contributed by atoms with Gasteiger partial charge < -0.3 is 5.32 Å². The van der Waals surface area contributed by atoms with Gasteiger partial charge in [0.2, 0.25) is 0 Å². The molecule has 1 aromatic heterocycles. The van der Waals surface area contributed by atoms with E-state index >= 15 is 0 Å². The number of benzene rings is 1. The minimum absolute atomic E-state index is 0.610. The molecule has 0 spiro atoms. The second-order valence-electron chi connectivity index (χ2n) is 6.43. The van der Waals surface area contributed by atoms with Crippen LogP contribution in [-0.4, -0.2) is 18.1 Å². The Hall–Kier alpha value is -1.41. The summed E-state index contributed by atoms with van der Waals surface area (Å²) in [7, 11) is 2.11. The fourth-order valence-corrected chi connectivity index (χ4v) is 4.35. The zero-order valence-electron chi connectivity index (χ0n) is 12.0. The number of nitrogens with zero attached hydrogens (tertiary/aromatic N) is 1. The molecule has 2 fully saturated rings. The molecule has 0 saturated heterocycles. The van der Waals surface area contributed by atoms with Crippen molar-refractivity contribution in [1.82, 2.24) is 10.3 Å². The van der Waals surface area contributed by atoms with E-state index in [1.807, 2.05) is 0 Å². The first-order chi connectivity index (χ1) is 9.86. The summed E-state index contributed by atoms with van der Waals surface area (Å²) in [5.41, 5.74) is 2.35. The number of para-hydroxylation sites is 1. The molecule has 1 heterocycles. The Morgan fingerprint density at radius 2 is 1.95 bits per heavy atom. The molecule has 2 aromatic rings. The third kappa shape index (κ3) is 2.03. The van der Waals surface area contributed by atoms with Gasteiger partial charge in [-0.25, -0.2) is 0 Å². The zero-order valence-corrected chi connectivity index (χ0v) is 12.0. The fraction of sp³-hybridized carbons (Fsp3) is 0.500. The molecule has 0 aliphatic heterocycles. The van der Waals surface area contributed by atoms with Gasteiger partial charge in [0.15, 0.2) is 0 Å². The molecule has 3 atom stereocenters. The highest BCUT2D eigenvalue weighted by molar-refractivity contribution is 5.78. The largest absolute Gasteiger partial charge is 0.316 e. The number of hydrogen-bond donors (Lipinski definition) is 1. The molecule has 104 valence electrons. The van der Waals surface area contributed by atoms with Crippen molar-refractivity contribution in [3.05, 3.63) is 42.1 Å². The summed E-state index contributed by atoms with van der Waals surface area (Å²) in [4.78, 5) is 4.83. The first kappa shape index (κ1) is 12.3. The highest BCUT2D eigenvalue weighted by Crippen LogP contribution is 2.59. The molecule has 4 rings (SSSR count). The summed E-state index contributed by atoms with van der Waals surface area (Å²) in [5, 5.41) is 4.79. The van der Waals surface area contributed by atoms with Crippen LogP contribution in [0.15, 0.2) is 36.4 Å². The van der Waals surface area contributed by atoms with Gasteiger partial charge in [0, 0.05) is 23.5 Å². The van der Waals surface area contributed by atoms with Crippen molar-refractivity contribution in [1.29, 1.82) is 0 Å². The van der Waals surface area contributed by atoms with Crippen molar-refractivity contribution < 1.29 is 0 Å². The van der Waals surface area contributed by atoms with Crippen LogP contribution in [0.3, 0.4) is 0 Å². The van der Waals surface area contributed by atoms with Gasteiger partial charge in [0.1, 0.15) is 0 Å². The second kappa shape index (κ2) is 4.85. The van der Waals surface area contributed by atoms with E-state index in [9.17, 15) is 0 Å². The van der Waals surface area contributed by atoms with Crippen molar-refractivity contribution in [2.24, 2.45) is 17.8 Å². The van der Waals surface area contributed by atoms with E-state index < -0.39 is 0 Å². The van der Waals surface area contributed by atoms with Crippen molar-refractivity contribution >= 4 is 10.9 Å². The number of rotatable bonds is 4. The monoisotopic (exact) mass is 266 g/mol. The maximum atomic E-state index is 4.83. The molecular weight excluding hydrogens is 244 g/mol. The maximum absolute atomic E-state index is 4.83. The molecule has 2 heteroatoms. The van der Waals surface area contributed by atoms with Gasteiger partial charge >= 0.3 is 0 Å². The summed E-state index contributed by atoms with van der Waals surface area (Å²) in [6.07, 6.45) is 5.44. The number of hydrogen-bond acceptors (Lipinski definition) is 2. The number of likely N-dealkylation sites (N-methyl/N-ethyl adjacent to an activating group) is 1. The molecule has 20 heavy (non-hydrogen) atoms. The first-order valence-corrected chi connectivity index (χ1v) is 7.89. The van der Waals surface area contributed by atoms with Gasteiger partial charge in [0.25, 0.3) is 0 Å². The molecule has 0 bridgehead atoms. The third-order valence-electron chi connectivity index (χ3n) is 5.39. The summed E-state index contributed by atoms with van der Waals surface area (Å²) in [6.45, 7) is 0. The van der Waals surface area contributed by atoms with Gasteiger partial charge in [0.05, 0.1) is 5.52 Å². The molecular formula is C18H22N2. The van der Waals surface area contributed by atoms with Crippen molar-refractivity contribution in [2.75, 3.05) is 7.05 Å². The number of pyridine rings is 1. The van der Waals surface area contributed by atoms with E-state index in [1.165, 1.54) is 30.3 Å². The summed E-state index contributed by atoms with van der Waals surface area (Å²) in [6, 6.07) is 13.4. The Labute approximate surface area is 120 Å². The van der Waals surface area contributed by atoms with E-state index in [4.69, 9.17) is 4.98 Å². The molecule has 2 aliphatic rings. The summed E-state index contributed by atoms with van der Waals surface area (Å²) < 4.78 is 0. The van der Waals surface area contributed by atoms with E-state index in [0.29, 0.717) is 6.04 Å². The molecule has 3 unspecified atom stereocenters. The molecule has 1 N–H and O–H groups in total. The zero-order chi connectivity index (χ0) is 13.5. The van der Waals surface area contributed by atoms with Crippen LogP contribution in [0.25, 0.3) is 10.9 Å². The lowest BCUT2D eigenvalue weighted by atomic mass is 9.99. The van der Waals surface area contributed by atoms with E-state index in [2.05, 4.69) is 48.8 Å². The van der Waals surface area contributed by atoms with Gasteiger partial charge in [-0.2, -0.15) is 0 Å². The lowest BCUT2D eigenvalue weighted by molar-refractivity contribution is 0.426. The van der Waals surface area contributed by atoms with Crippen LogP contribution in [-0.2, 0) is 6.42 Å². The molecule has 0 amide bonds. The highest BCUT2D eigenvalue weighted by atomic mass is 14.9. The molecule has 2 aliphatic carbocycles. The van der Waals surface area contributed by atoms with Crippen LogP contribution in [0, 0.1) is 17.8 Å². The smallest absolute Gasteiger partial charge is 0.0705 e. The third-order valence-corrected chi connectivity index (χ3v) is 5.39. The van der Waals surface area contributed by atoms with E-state index in [-0.39, 0.29) is 0 Å². The Bertz CT molecular complexity index is 612. The normalized spacial score (nSPS) is 29.4. The lowest BCUT2D eigenvalue weighted by Crippen LogP contribution is -2.31. The fourth-order valence-electron chi connectivity index (χ4n) is 4.35. The van der Waals surface area contributed by atoms with Crippen LogP contribution < -0.4 is 5.32 Å². The predicted molar refractivity (Wildman–Crippen MR) is 82.6 cm³/mol. The standard InChI is InChI=1S/C18H22N2/c1-19-17(18-14-6-4-7-15(14)18)11-13-10-9-12-5-2-3-8-16(12)20-13/h2-3,5,8-10,14-15,17-19H,4,6-7,11H2,1H3. The maximum Gasteiger partial charge on any atom is 0.0705 e. The minimum Gasteiger partial charge on any atom is -0.316 e. The second-order valence-corrected chi connectivity index (χ2v) is 6.43. The van der Waals surface area contributed by atoms with Crippen molar-refractivity contribution in [3.63, 3.8) is 0 Å². The predicted octanol–water partition coefficient (Wildman–Crippen LogP) is 3.41. The average molecular weight is 266 g/mol. The Balaban J connectivity index is 1.54. The number of aromatic nitrogens is 1. The van der Waals surface area contributed by atoms with E-state index in [1.54, 1.807) is 0 Å². The van der Waals surface area contributed by atoms with Gasteiger partial charge in [-0.05, 0) is 49.8 Å². The molecule has 1 aromatic carbocycles. The highest BCUT2D eigenvalue weighted by Gasteiger charge is 2.55. The van der Waals surface area contributed by atoms with Gasteiger partial charge in [-0.3, -0.25) is 4.98 Å². The molecule has 2 nitrogen and oxygen atoms in total. The van der Waals surface area contributed by atoms with Crippen molar-refractivity contribution in [2.45, 2.75) is 31.7 Å². The SMILES string of the molecule is CNC(Cc1ccc2ccccc2n1)C1C2CCCC21. The minimum atomic E-state index is 0.610. The quantitative estimate of drug-likeness (QED) is 0.917. The average Bonchev–Trinajstić information content (AvgIpc) is 2.96. The number of fused-ring (bicyclic) bond motifs is 2. The van der Waals surface area contributed by atoms with Crippen LogP contribution in [0.4, 0.5) is 0 Å². The lowest BCUT2D eigenvalue weighted by Gasteiger charge is -2.18. The van der Waals surface area contributed by atoms with Gasteiger partial charge in [-0.15, -0.1) is 0 Å². The Kier molecular flexibility index (Phi) is 2.99. The van der Waals surface area contributed by atoms with Crippen LogP contribution in [0.1, 0.15) is 25.0 Å².